The summed E-state index contributed by atoms with van der Waals surface area (Å²) in [7, 11) is 0. The molecule has 25 heavy (non-hydrogen) atoms. The van der Waals surface area contributed by atoms with E-state index in [4.69, 9.17) is 4.42 Å². The summed E-state index contributed by atoms with van der Waals surface area (Å²) in [5, 5.41) is 10.9. The number of rotatable bonds is 7. The molecule has 1 unspecified atom stereocenters. The molecule has 0 fully saturated rings. The zero-order chi connectivity index (χ0) is 17.5. The number of nitrogens with zero attached hydrogens (tertiary/aromatic N) is 2. The molecule has 0 saturated carbocycles. The van der Waals surface area contributed by atoms with Crippen LogP contribution in [0.1, 0.15) is 24.8 Å². The molecule has 1 aromatic heterocycles. The average Bonchev–Trinajstić information content (AvgIpc) is 3.10. The number of aryl methyl sites for hydroxylation is 1. The highest BCUT2D eigenvalue weighted by molar-refractivity contribution is 5.77. The van der Waals surface area contributed by atoms with Crippen molar-refractivity contribution in [2.45, 2.75) is 32.2 Å². The molecule has 2 aromatic carbocycles. The number of aromatic nitrogens is 2. The molecule has 5 nitrogen and oxygen atoms in total. The largest absolute Gasteiger partial charge is 0.420 e. The van der Waals surface area contributed by atoms with Crippen molar-refractivity contribution in [1.29, 1.82) is 0 Å². The van der Waals surface area contributed by atoms with E-state index >= 15 is 0 Å². The quantitative estimate of drug-likeness (QED) is 0.718. The van der Waals surface area contributed by atoms with Gasteiger partial charge >= 0.3 is 0 Å². The van der Waals surface area contributed by atoms with Crippen LogP contribution in [0.15, 0.2) is 65.1 Å². The van der Waals surface area contributed by atoms with Crippen LogP contribution >= 0.6 is 0 Å². The Morgan fingerprint density at radius 1 is 1.04 bits per heavy atom. The molecular formula is C20H21N3O2. The van der Waals surface area contributed by atoms with E-state index in [0.29, 0.717) is 11.8 Å². The molecule has 0 bridgehead atoms. The van der Waals surface area contributed by atoms with Gasteiger partial charge in [-0.3, -0.25) is 4.79 Å². The van der Waals surface area contributed by atoms with Crippen LogP contribution in [0.3, 0.4) is 0 Å². The van der Waals surface area contributed by atoms with Gasteiger partial charge in [-0.05, 0) is 37.5 Å². The molecule has 0 saturated heterocycles. The first-order chi connectivity index (χ1) is 12.2. The molecule has 1 amide bonds. The topological polar surface area (TPSA) is 68.0 Å². The Kier molecular flexibility index (Phi) is 5.57. The average molecular weight is 335 g/mol. The van der Waals surface area contributed by atoms with Crippen LogP contribution in [0.25, 0.3) is 11.5 Å². The molecule has 0 aliphatic rings. The molecule has 5 heteroatoms. The van der Waals surface area contributed by atoms with Gasteiger partial charge in [-0.2, -0.15) is 0 Å². The Balaban J connectivity index is 1.48. The van der Waals surface area contributed by atoms with Gasteiger partial charge < -0.3 is 9.73 Å². The molecule has 1 N–H and O–H groups in total. The van der Waals surface area contributed by atoms with Crippen LogP contribution in [-0.4, -0.2) is 22.1 Å². The summed E-state index contributed by atoms with van der Waals surface area (Å²) in [6.07, 6.45) is 1.91. The van der Waals surface area contributed by atoms with Crippen molar-refractivity contribution in [3.05, 3.63) is 72.1 Å². The summed E-state index contributed by atoms with van der Waals surface area (Å²) in [6, 6.07) is 19.8. The van der Waals surface area contributed by atoms with Crippen LogP contribution in [-0.2, 0) is 17.6 Å². The van der Waals surface area contributed by atoms with E-state index in [0.717, 1.165) is 18.4 Å². The maximum absolute atomic E-state index is 12.1. The monoisotopic (exact) mass is 335 g/mol. The molecule has 3 rings (SSSR count). The first-order valence-corrected chi connectivity index (χ1v) is 8.42. The van der Waals surface area contributed by atoms with E-state index in [-0.39, 0.29) is 18.4 Å². The number of hydrogen-bond donors (Lipinski definition) is 1. The number of carbonyl (C=O) groups is 1. The summed E-state index contributed by atoms with van der Waals surface area (Å²) in [6.45, 7) is 2.00. The van der Waals surface area contributed by atoms with Crippen LogP contribution in [0.4, 0.5) is 0 Å². The lowest BCUT2D eigenvalue weighted by Gasteiger charge is -2.13. The molecule has 0 aliphatic heterocycles. The first kappa shape index (κ1) is 16.9. The Hall–Kier alpha value is -2.95. The van der Waals surface area contributed by atoms with Crippen LogP contribution < -0.4 is 5.32 Å². The maximum atomic E-state index is 12.1. The molecule has 3 aromatic rings. The predicted molar refractivity (Wildman–Crippen MR) is 95.8 cm³/mol. The summed E-state index contributed by atoms with van der Waals surface area (Å²) < 4.78 is 5.57. The number of hydrogen-bond acceptors (Lipinski definition) is 4. The Labute approximate surface area is 147 Å². The molecule has 0 aliphatic carbocycles. The fourth-order valence-electron chi connectivity index (χ4n) is 2.59. The summed E-state index contributed by atoms with van der Waals surface area (Å²) in [5.41, 5.74) is 2.12. The van der Waals surface area contributed by atoms with Gasteiger partial charge in [0.15, 0.2) is 0 Å². The van der Waals surface area contributed by atoms with Gasteiger partial charge in [0.2, 0.25) is 17.7 Å². The second-order valence-electron chi connectivity index (χ2n) is 6.04. The van der Waals surface area contributed by atoms with Crippen LogP contribution in [0, 0.1) is 0 Å². The van der Waals surface area contributed by atoms with Gasteiger partial charge in [-0.25, -0.2) is 0 Å². The second kappa shape index (κ2) is 8.24. The van der Waals surface area contributed by atoms with E-state index in [1.165, 1.54) is 5.56 Å². The Bertz CT molecular complexity index is 800. The predicted octanol–water partition coefficient (Wildman–Crippen LogP) is 3.42. The lowest BCUT2D eigenvalue weighted by atomic mass is 10.1. The smallest absolute Gasteiger partial charge is 0.247 e. The zero-order valence-electron chi connectivity index (χ0n) is 14.2. The minimum absolute atomic E-state index is 0.0872. The zero-order valence-corrected chi connectivity index (χ0v) is 14.2. The molecule has 128 valence electrons. The fourth-order valence-corrected chi connectivity index (χ4v) is 2.59. The number of carbonyl (C=O) groups excluding carboxylic acids is 1. The molecule has 0 spiro atoms. The highest BCUT2D eigenvalue weighted by Gasteiger charge is 2.14. The number of amides is 1. The minimum atomic E-state index is -0.108. The van der Waals surface area contributed by atoms with Gasteiger partial charge in [0, 0.05) is 11.6 Å². The summed E-state index contributed by atoms with van der Waals surface area (Å²) in [5.74, 6) is 0.649. The van der Waals surface area contributed by atoms with Crippen molar-refractivity contribution in [3.63, 3.8) is 0 Å². The lowest BCUT2D eigenvalue weighted by Crippen LogP contribution is -2.34. The van der Waals surface area contributed by atoms with Crippen molar-refractivity contribution in [2.75, 3.05) is 0 Å². The van der Waals surface area contributed by atoms with Crippen LogP contribution in [0.2, 0.25) is 0 Å². The fraction of sp³-hybridized carbons (Fsp3) is 0.250. The molecule has 1 atom stereocenters. The first-order valence-electron chi connectivity index (χ1n) is 8.42. The minimum Gasteiger partial charge on any atom is -0.420 e. The van der Waals surface area contributed by atoms with E-state index in [1.807, 2.05) is 55.5 Å². The Morgan fingerprint density at radius 3 is 2.44 bits per heavy atom. The van der Waals surface area contributed by atoms with Gasteiger partial charge in [0.05, 0.1) is 0 Å². The number of benzene rings is 2. The van der Waals surface area contributed by atoms with Crippen LogP contribution in [0.5, 0.6) is 0 Å². The van der Waals surface area contributed by atoms with E-state index in [2.05, 4.69) is 27.6 Å². The second-order valence-corrected chi connectivity index (χ2v) is 6.04. The van der Waals surface area contributed by atoms with Gasteiger partial charge in [-0.1, -0.05) is 48.5 Å². The lowest BCUT2D eigenvalue weighted by molar-refractivity contribution is -0.121. The van der Waals surface area contributed by atoms with Crippen molar-refractivity contribution < 1.29 is 9.21 Å². The van der Waals surface area contributed by atoms with Crippen molar-refractivity contribution in [2.24, 2.45) is 0 Å². The number of nitrogens with one attached hydrogen (secondary N) is 1. The van der Waals surface area contributed by atoms with Gasteiger partial charge in [0.25, 0.3) is 0 Å². The SMILES string of the molecule is CC(CCc1ccccc1)NC(=O)Cc1nnc(-c2ccccc2)o1. The third-order valence-electron chi connectivity index (χ3n) is 3.92. The highest BCUT2D eigenvalue weighted by atomic mass is 16.4. The normalized spacial score (nSPS) is 11.9. The van der Waals surface area contributed by atoms with Crippen molar-refractivity contribution >= 4 is 5.91 Å². The third kappa shape index (κ3) is 5.01. The van der Waals surface area contributed by atoms with E-state index < -0.39 is 0 Å². The maximum Gasteiger partial charge on any atom is 0.247 e. The summed E-state index contributed by atoms with van der Waals surface area (Å²) >= 11 is 0. The molecule has 1 heterocycles. The molecular weight excluding hydrogens is 314 g/mol. The third-order valence-corrected chi connectivity index (χ3v) is 3.92. The van der Waals surface area contributed by atoms with E-state index in [9.17, 15) is 4.79 Å². The van der Waals surface area contributed by atoms with Gasteiger partial charge in [0.1, 0.15) is 6.42 Å². The molecule has 0 radical (unpaired) electrons. The Morgan fingerprint density at radius 2 is 1.72 bits per heavy atom. The summed E-state index contributed by atoms with van der Waals surface area (Å²) in [4.78, 5) is 12.1. The standard InChI is InChI=1S/C20H21N3O2/c1-15(12-13-16-8-4-2-5-9-16)21-18(24)14-19-22-23-20(25-19)17-10-6-3-7-11-17/h2-11,15H,12-14H2,1H3,(H,21,24). The van der Waals surface area contributed by atoms with Crippen molar-refractivity contribution in [3.8, 4) is 11.5 Å². The van der Waals surface area contributed by atoms with Crippen molar-refractivity contribution in [1.82, 2.24) is 15.5 Å². The van der Waals surface area contributed by atoms with E-state index in [1.54, 1.807) is 0 Å². The highest BCUT2D eigenvalue weighted by Crippen LogP contribution is 2.17. The van der Waals surface area contributed by atoms with Gasteiger partial charge in [-0.15, -0.1) is 10.2 Å².